The second-order valence-corrected chi connectivity index (χ2v) is 9.17. The molecule has 3 aromatic carbocycles. The van der Waals surface area contributed by atoms with Gasteiger partial charge in [-0.3, -0.25) is 4.90 Å². The molecule has 0 saturated carbocycles. The Kier molecular flexibility index (Phi) is 7.37. The highest BCUT2D eigenvalue weighted by Gasteiger charge is 2.31. The van der Waals surface area contributed by atoms with Crippen LogP contribution in [0, 0.1) is 0 Å². The minimum absolute atomic E-state index is 0.00672. The molecule has 33 heavy (non-hydrogen) atoms. The van der Waals surface area contributed by atoms with Crippen LogP contribution in [-0.4, -0.2) is 39.9 Å². The maximum atomic E-state index is 6.40. The molecule has 7 heteroatoms. The van der Waals surface area contributed by atoms with Gasteiger partial charge in [0.1, 0.15) is 0 Å². The van der Waals surface area contributed by atoms with Gasteiger partial charge in [-0.25, -0.2) is 0 Å². The summed E-state index contributed by atoms with van der Waals surface area (Å²) in [4.78, 5) is 2.45. The molecule has 1 aliphatic heterocycles. The molecule has 1 heterocycles. The smallest absolute Gasteiger partial charge is 0.161 e. The first-order valence-electron chi connectivity index (χ1n) is 10.6. The van der Waals surface area contributed by atoms with E-state index in [1.54, 1.807) is 28.4 Å². The lowest BCUT2D eigenvalue weighted by Crippen LogP contribution is -2.35. The number of nitrogens with zero attached hydrogens (tertiary/aromatic N) is 1. The largest absolute Gasteiger partial charge is 0.493 e. The topological polar surface area (TPSA) is 40.2 Å². The summed E-state index contributed by atoms with van der Waals surface area (Å²) >= 11 is 10.1. The van der Waals surface area contributed by atoms with Gasteiger partial charge in [0.2, 0.25) is 0 Å². The van der Waals surface area contributed by atoms with Crippen LogP contribution >= 0.6 is 27.5 Å². The molecule has 0 amide bonds. The number of hydrogen-bond donors (Lipinski definition) is 0. The van der Waals surface area contributed by atoms with Crippen molar-refractivity contribution >= 4 is 27.5 Å². The Morgan fingerprint density at radius 3 is 2.18 bits per heavy atom. The van der Waals surface area contributed by atoms with Gasteiger partial charge in [0.15, 0.2) is 23.0 Å². The normalized spacial score (nSPS) is 15.6. The summed E-state index contributed by atoms with van der Waals surface area (Å²) in [6.45, 7) is 1.59. The minimum atomic E-state index is 0.00672. The zero-order chi connectivity index (χ0) is 23.5. The molecule has 0 spiro atoms. The SMILES string of the molecule is COc1cc(Br)c(CN2CCc3cc(OC)c(OC)cc3C2c2cccc(Cl)c2)cc1OC. The van der Waals surface area contributed by atoms with E-state index in [0.29, 0.717) is 23.1 Å². The predicted molar refractivity (Wildman–Crippen MR) is 134 cm³/mol. The molecule has 4 rings (SSSR count). The molecule has 0 aromatic heterocycles. The van der Waals surface area contributed by atoms with Gasteiger partial charge in [0, 0.05) is 22.6 Å². The number of ether oxygens (including phenoxy) is 4. The number of hydrogen-bond acceptors (Lipinski definition) is 5. The average Bonchev–Trinajstić information content (AvgIpc) is 2.83. The molecule has 1 unspecified atom stereocenters. The van der Waals surface area contributed by atoms with Crippen LogP contribution in [0.2, 0.25) is 5.02 Å². The van der Waals surface area contributed by atoms with Crippen molar-refractivity contribution in [3.63, 3.8) is 0 Å². The maximum Gasteiger partial charge on any atom is 0.161 e. The van der Waals surface area contributed by atoms with Crippen molar-refractivity contribution in [3.05, 3.63) is 80.3 Å². The van der Waals surface area contributed by atoms with E-state index >= 15 is 0 Å². The van der Waals surface area contributed by atoms with Gasteiger partial charge in [0.25, 0.3) is 0 Å². The highest BCUT2D eigenvalue weighted by atomic mass is 79.9. The third-order valence-corrected chi connectivity index (χ3v) is 7.04. The van der Waals surface area contributed by atoms with E-state index < -0.39 is 0 Å². The molecule has 1 atom stereocenters. The third-order valence-electron chi connectivity index (χ3n) is 6.06. The number of rotatable bonds is 7. The van der Waals surface area contributed by atoms with Gasteiger partial charge >= 0.3 is 0 Å². The van der Waals surface area contributed by atoms with Gasteiger partial charge in [-0.2, -0.15) is 0 Å². The Morgan fingerprint density at radius 2 is 1.52 bits per heavy atom. The quantitative estimate of drug-likeness (QED) is 0.358. The molecular weight excluding hydrogens is 506 g/mol. The fourth-order valence-corrected chi connectivity index (χ4v) is 5.12. The lowest BCUT2D eigenvalue weighted by Gasteiger charge is -2.38. The molecule has 0 N–H and O–H groups in total. The van der Waals surface area contributed by atoms with Crippen molar-refractivity contribution in [2.24, 2.45) is 0 Å². The fourth-order valence-electron chi connectivity index (χ4n) is 4.47. The van der Waals surface area contributed by atoms with Crippen LogP contribution in [0.3, 0.4) is 0 Å². The van der Waals surface area contributed by atoms with Crippen molar-refractivity contribution in [3.8, 4) is 23.0 Å². The van der Waals surface area contributed by atoms with Crippen molar-refractivity contribution in [1.29, 1.82) is 0 Å². The molecule has 174 valence electrons. The fraction of sp³-hybridized carbons (Fsp3) is 0.308. The zero-order valence-electron chi connectivity index (χ0n) is 19.2. The van der Waals surface area contributed by atoms with Crippen molar-refractivity contribution < 1.29 is 18.9 Å². The number of halogens is 2. The maximum absolute atomic E-state index is 6.40. The Balaban J connectivity index is 1.80. The minimum Gasteiger partial charge on any atom is -0.493 e. The Hall–Kier alpha value is -2.41. The van der Waals surface area contributed by atoms with Crippen LogP contribution in [0.4, 0.5) is 0 Å². The summed E-state index contributed by atoms with van der Waals surface area (Å²) in [7, 11) is 6.63. The highest BCUT2D eigenvalue weighted by molar-refractivity contribution is 9.10. The third kappa shape index (κ3) is 4.79. The van der Waals surface area contributed by atoms with E-state index in [4.69, 9.17) is 30.5 Å². The van der Waals surface area contributed by atoms with Gasteiger partial charge < -0.3 is 18.9 Å². The van der Waals surface area contributed by atoms with Crippen LogP contribution < -0.4 is 18.9 Å². The molecule has 0 bridgehead atoms. The van der Waals surface area contributed by atoms with Crippen LogP contribution in [0.25, 0.3) is 0 Å². The summed E-state index contributed by atoms with van der Waals surface area (Å²) < 4.78 is 23.2. The molecular formula is C26H27BrClNO4. The van der Waals surface area contributed by atoms with E-state index in [2.05, 4.69) is 39.0 Å². The summed E-state index contributed by atoms with van der Waals surface area (Å²) in [5.41, 5.74) is 4.69. The van der Waals surface area contributed by atoms with E-state index in [-0.39, 0.29) is 6.04 Å². The van der Waals surface area contributed by atoms with E-state index in [0.717, 1.165) is 40.1 Å². The van der Waals surface area contributed by atoms with Crippen LogP contribution in [0.5, 0.6) is 23.0 Å². The van der Waals surface area contributed by atoms with E-state index in [1.807, 2.05) is 30.3 Å². The lowest BCUT2D eigenvalue weighted by molar-refractivity contribution is 0.202. The summed E-state index contributed by atoms with van der Waals surface area (Å²) in [5.74, 6) is 2.87. The van der Waals surface area contributed by atoms with Gasteiger partial charge in [-0.05, 0) is 65.1 Å². The average molecular weight is 533 g/mol. The van der Waals surface area contributed by atoms with E-state index in [1.165, 1.54) is 11.1 Å². The highest BCUT2D eigenvalue weighted by Crippen LogP contribution is 2.43. The van der Waals surface area contributed by atoms with Crippen molar-refractivity contribution in [2.45, 2.75) is 19.0 Å². The predicted octanol–water partition coefficient (Wildman–Crippen LogP) is 6.28. The van der Waals surface area contributed by atoms with Crippen LogP contribution in [0.1, 0.15) is 28.3 Å². The Labute approximate surface area is 208 Å². The number of methoxy groups -OCH3 is 4. The summed E-state index contributed by atoms with van der Waals surface area (Å²) in [6, 6.07) is 16.2. The van der Waals surface area contributed by atoms with Gasteiger partial charge in [-0.1, -0.05) is 39.7 Å². The standard InChI is InChI=1S/C26H27BrClNO4/c1-30-22-11-16-8-9-29(15-18-12-23(31-2)25(33-4)14-21(18)27)26(20(16)13-24(22)32-3)17-6-5-7-19(28)10-17/h5-7,10-14,26H,8-9,15H2,1-4H3. The first kappa shape index (κ1) is 23.7. The Bertz CT molecular complexity index is 1150. The molecule has 0 fully saturated rings. The summed E-state index contributed by atoms with van der Waals surface area (Å²) in [6.07, 6.45) is 0.900. The number of benzene rings is 3. The first-order chi connectivity index (χ1) is 16.0. The van der Waals surface area contributed by atoms with E-state index in [9.17, 15) is 0 Å². The molecule has 3 aromatic rings. The zero-order valence-corrected chi connectivity index (χ0v) is 21.5. The summed E-state index contributed by atoms with van der Waals surface area (Å²) in [5, 5.41) is 0.715. The number of fused-ring (bicyclic) bond motifs is 1. The van der Waals surface area contributed by atoms with Crippen LogP contribution in [0.15, 0.2) is 53.0 Å². The Morgan fingerprint density at radius 1 is 0.879 bits per heavy atom. The van der Waals surface area contributed by atoms with Gasteiger partial charge in [-0.15, -0.1) is 0 Å². The van der Waals surface area contributed by atoms with Crippen LogP contribution in [-0.2, 0) is 13.0 Å². The molecule has 5 nitrogen and oxygen atoms in total. The molecule has 0 saturated heterocycles. The van der Waals surface area contributed by atoms with Crippen molar-refractivity contribution in [1.82, 2.24) is 4.90 Å². The van der Waals surface area contributed by atoms with Crippen molar-refractivity contribution in [2.75, 3.05) is 35.0 Å². The second kappa shape index (κ2) is 10.2. The second-order valence-electron chi connectivity index (χ2n) is 7.88. The monoisotopic (exact) mass is 531 g/mol. The van der Waals surface area contributed by atoms with Gasteiger partial charge in [0.05, 0.1) is 34.5 Å². The first-order valence-corrected chi connectivity index (χ1v) is 11.8. The lowest BCUT2D eigenvalue weighted by atomic mass is 9.87. The molecule has 0 aliphatic carbocycles. The molecule has 0 radical (unpaired) electrons. The molecule has 1 aliphatic rings.